The average molecular weight is 486 g/mol. The summed E-state index contributed by atoms with van der Waals surface area (Å²) >= 11 is 2.20. The fraction of sp³-hybridized carbons (Fsp3) is 0.316. The Morgan fingerprint density at radius 2 is 1.85 bits per heavy atom. The van der Waals surface area contributed by atoms with E-state index in [0.717, 1.165) is 21.0 Å². The van der Waals surface area contributed by atoms with Gasteiger partial charge in [0.25, 0.3) is 0 Å². The number of sulfonamides is 1. The molecule has 2 aromatic rings. The van der Waals surface area contributed by atoms with Gasteiger partial charge in [0.15, 0.2) is 0 Å². The SMILES string of the molecule is Cc1cc(I)ccc1NC(=O)CN(c1ccccc1C(C)C)S(C)(=O)=O. The summed E-state index contributed by atoms with van der Waals surface area (Å²) in [4.78, 5) is 12.5. The molecule has 0 saturated heterocycles. The number of nitrogens with zero attached hydrogens (tertiary/aromatic N) is 1. The van der Waals surface area contributed by atoms with E-state index in [-0.39, 0.29) is 18.4 Å². The van der Waals surface area contributed by atoms with Crippen molar-refractivity contribution in [3.63, 3.8) is 0 Å². The first-order valence-electron chi connectivity index (χ1n) is 8.22. The van der Waals surface area contributed by atoms with E-state index in [1.165, 1.54) is 4.31 Å². The van der Waals surface area contributed by atoms with E-state index in [1.807, 2.05) is 51.1 Å². The minimum absolute atomic E-state index is 0.136. The molecule has 0 saturated carbocycles. The molecule has 0 aliphatic carbocycles. The maximum atomic E-state index is 12.5. The van der Waals surface area contributed by atoms with Crippen molar-refractivity contribution in [3.8, 4) is 0 Å². The van der Waals surface area contributed by atoms with Crippen molar-refractivity contribution in [1.82, 2.24) is 0 Å². The van der Waals surface area contributed by atoms with Gasteiger partial charge < -0.3 is 5.32 Å². The topological polar surface area (TPSA) is 66.5 Å². The van der Waals surface area contributed by atoms with Crippen molar-refractivity contribution in [2.24, 2.45) is 0 Å². The number of hydrogen-bond acceptors (Lipinski definition) is 3. The Morgan fingerprint density at radius 1 is 1.19 bits per heavy atom. The zero-order valence-corrected chi connectivity index (χ0v) is 18.3. The molecule has 2 rings (SSSR count). The van der Waals surface area contributed by atoms with Crippen molar-refractivity contribution >= 4 is 49.9 Å². The molecular weight excluding hydrogens is 463 g/mol. The second kappa shape index (κ2) is 8.39. The Labute approximate surface area is 169 Å². The Kier molecular flexibility index (Phi) is 6.68. The van der Waals surface area contributed by atoms with Crippen LogP contribution in [0.5, 0.6) is 0 Å². The maximum absolute atomic E-state index is 12.5. The number of para-hydroxylation sites is 1. The van der Waals surface area contributed by atoms with Crippen LogP contribution in [0.2, 0.25) is 0 Å². The molecule has 0 aliphatic rings. The molecule has 0 aliphatic heterocycles. The fourth-order valence-corrected chi connectivity index (χ4v) is 4.19. The van der Waals surface area contributed by atoms with Gasteiger partial charge in [-0.05, 0) is 70.8 Å². The number of hydrogen-bond donors (Lipinski definition) is 1. The van der Waals surface area contributed by atoms with E-state index in [2.05, 4.69) is 27.9 Å². The lowest BCUT2D eigenvalue weighted by Crippen LogP contribution is -2.38. The van der Waals surface area contributed by atoms with Crippen molar-refractivity contribution in [1.29, 1.82) is 0 Å². The van der Waals surface area contributed by atoms with E-state index >= 15 is 0 Å². The lowest BCUT2D eigenvalue weighted by molar-refractivity contribution is -0.114. The predicted molar refractivity (Wildman–Crippen MR) is 115 cm³/mol. The minimum Gasteiger partial charge on any atom is -0.324 e. The van der Waals surface area contributed by atoms with Gasteiger partial charge in [-0.1, -0.05) is 32.0 Å². The Hall–Kier alpha value is -1.61. The zero-order chi connectivity index (χ0) is 19.5. The second-order valence-corrected chi connectivity index (χ2v) is 9.64. The number of anilines is 2. The minimum atomic E-state index is -3.61. The van der Waals surface area contributed by atoms with Crippen molar-refractivity contribution in [3.05, 3.63) is 57.2 Å². The van der Waals surface area contributed by atoms with E-state index in [4.69, 9.17) is 0 Å². The number of aryl methyl sites for hydroxylation is 1. The molecule has 7 heteroatoms. The summed E-state index contributed by atoms with van der Waals surface area (Å²) < 4.78 is 26.9. The molecule has 0 bridgehead atoms. The summed E-state index contributed by atoms with van der Waals surface area (Å²) in [5.74, 6) is -0.241. The first kappa shape index (κ1) is 20.7. The highest BCUT2D eigenvalue weighted by Gasteiger charge is 2.24. The lowest BCUT2D eigenvalue weighted by Gasteiger charge is -2.25. The highest BCUT2D eigenvalue weighted by atomic mass is 127. The summed E-state index contributed by atoms with van der Waals surface area (Å²) in [5.41, 5.74) is 3.04. The quantitative estimate of drug-likeness (QED) is 0.625. The third-order valence-electron chi connectivity index (χ3n) is 3.98. The summed E-state index contributed by atoms with van der Waals surface area (Å²) in [5, 5.41) is 2.81. The van der Waals surface area contributed by atoms with E-state index < -0.39 is 10.0 Å². The summed E-state index contributed by atoms with van der Waals surface area (Å²) in [7, 11) is -3.61. The van der Waals surface area contributed by atoms with Crippen LogP contribution in [-0.4, -0.2) is 27.1 Å². The summed E-state index contributed by atoms with van der Waals surface area (Å²) in [6, 6.07) is 12.9. The molecule has 0 spiro atoms. The molecule has 2 aromatic carbocycles. The van der Waals surface area contributed by atoms with Gasteiger partial charge in [-0.15, -0.1) is 0 Å². The van der Waals surface area contributed by atoms with Crippen LogP contribution in [0, 0.1) is 10.5 Å². The van der Waals surface area contributed by atoms with Gasteiger partial charge in [0.1, 0.15) is 6.54 Å². The number of nitrogens with one attached hydrogen (secondary N) is 1. The van der Waals surface area contributed by atoms with Crippen LogP contribution in [0.15, 0.2) is 42.5 Å². The standard InChI is InChI=1S/C19H23IN2O3S/c1-13(2)16-7-5-6-8-18(16)22(26(4,24)25)12-19(23)21-17-10-9-15(20)11-14(17)3/h5-11,13H,12H2,1-4H3,(H,21,23). The Morgan fingerprint density at radius 3 is 2.42 bits per heavy atom. The third kappa shape index (κ3) is 5.20. The van der Waals surface area contributed by atoms with Crippen LogP contribution in [0.1, 0.15) is 30.9 Å². The molecule has 140 valence electrons. The second-order valence-electron chi connectivity index (χ2n) is 6.49. The molecule has 0 radical (unpaired) electrons. The molecule has 1 N–H and O–H groups in total. The van der Waals surface area contributed by atoms with Gasteiger partial charge >= 0.3 is 0 Å². The normalized spacial score (nSPS) is 11.5. The fourth-order valence-electron chi connectivity index (χ4n) is 2.67. The van der Waals surface area contributed by atoms with E-state index in [0.29, 0.717) is 11.4 Å². The van der Waals surface area contributed by atoms with Crippen LogP contribution in [0.25, 0.3) is 0 Å². The highest BCUT2D eigenvalue weighted by Crippen LogP contribution is 2.29. The van der Waals surface area contributed by atoms with Crippen LogP contribution in [0.3, 0.4) is 0 Å². The summed E-state index contributed by atoms with van der Waals surface area (Å²) in [6.45, 7) is 5.62. The van der Waals surface area contributed by atoms with Crippen molar-refractivity contribution in [2.45, 2.75) is 26.7 Å². The number of halogens is 1. The van der Waals surface area contributed by atoms with E-state index in [1.54, 1.807) is 12.1 Å². The first-order chi connectivity index (χ1) is 12.1. The van der Waals surface area contributed by atoms with Crippen LogP contribution in [-0.2, 0) is 14.8 Å². The first-order valence-corrected chi connectivity index (χ1v) is 11.1. The number of carbonyl (C=O) groups is 1. The summed E-state index contributed by atoms with van der Waals surface area (Å²) in [6.07, 6.45) is 1.12. The van der Waals surface area contributed by atoms with Gasteiger partial charge in [-0.2, -0.15) is 0 Å². The van der Waals surface area contributed by atoms with Gasteiger partial charge in [0, 0.05) is 9.26 Å². The van der Waals surface area contributed by atoms with Crippen molar-refractivity contribution in [2.75, 3.05) is 22.4 Å². The largest absolute Gasteiger partial charge is 0.324 e. The number of rotatable bonds is 6. The number of amides is 1. The lowest BCUT2D eigenvalue weighted by atomic mass is 10.0. The van der Waals surface area contributed by atoms with Crippen LogP contribution >= 0.6 is 22.6 Å². The molecule has 0 fully saturated rings. The van der Waals surface area contributed by atoms with Crippen LogP contribution < -0.4 is 9.62 Å². The van der Waals surface area contributed by atoms with E-state index in [9.17, 15) is 13.2 Å². The van der Waals surface area contributed by atoms with Gasteiger partial charge in [-0.25, -0.2) is 8.42 Å². The van der Waals surface area contributed by atoms with Gasteiger partial charge in [0.05, 0.1) is 11.9 Å². The average Bonchev–Trinajstić information content (AvgIpc) is 2.54. The molecule has 0 atom stereocenters. The molecule has 5 nitrogen and oxygen atoms in total. The Bertz CT molecular complexity index is 911. The molecule has 1 amide bonds. The van der Waals surface area contributed by atoms with Gasteiger partial charge in [-0.3, -0.25) is 9.10 Å². The molecule has 26 heavy (non-hydrogen) atoms. The highest BCUT2D eigenvalue weighted by molar-refractivity contribution is 14.1. The number of carbonyl (C=O) groups excluding carboxylic acids is 1. The molecule has 0 unspecified atom stereocenters. The van der Waals surface area contributed by atoms with Crippen molar-refractivity contribution < 1.29 is 13.2 Å². The third-order valence-corrected chi connectivity index (χ3v) is 5.77. The smallest absolute Gasteiger partial charge is 0.245 e. The van der Waals surface area contributed by atoms with Crippen LogP contribution in [0.4, 0.5) is 11.4 Å². The Balaban J connectivity index is 2.31. The van der Waals surface area contributed by atoms with Gasteiger partial charge in [0.2, 0.25) is 15.9 Å². The number of benzene rings is 2. The monoisotopic (exact) mass is 486 g/mol. The molecule has 0 aromatic heterocycles. The predicted octanol–water partition coefficient (Wildman–Crippen LogP) is 4.13. The maximum Gasteiger partial charge on any atom is 0.245 e. The molecular formula is C19H23IN2O3S. The zero-order valence-electron chi connectivity index (χ0n) is 15.3. The molecule has 0 heterocycles.